The molecule has 0 bridgehead atoms. The Morgan fingerprint density at radius 2 is 2.06 bits per heavy atom. The molecule has 0 atom stereocenters. The normalized spacial score (nSPS) is 15.3. The molecular weight excluding hydrogens is 222 g/mol. The summed E-state index contributed by atoms with van der Waals surface area (Å²) in [5.41, 5.74) is 2.38. The van der Waals surface area contributed by atoms with Gasteiger partial charge in [0, 0.05) is 12.5 Å². The van der Waals surface area contributed by atoms with E-state index in [0.717, 1.165) is 12.8 Å². The highest BCUT2D eigenvalue weighted by molar-refractivity contribution is 5.82. The average molecular weight is 241 g/mol. The summed E-state index contributed by atoms with van der Waals surface area (Å²) in [7, 11) is 0. The molecule has 0 saturated heterocycles. The van der Waals surface area contributed by atoms with Crippen molar-refractivity contribution in [1.29, 1.82) is 0 Å². The largest absolute Gasteiger partial charge is 0.316 e. The molecule has 18 heavy (non-hydrogen) atoms. The van der Waals surface area contributed by atoms with Crippen molar-refractivity contribution in [1.82, 2.24) is 4.90 Å². The summed E-state index contributed by atoms with van der Waals surface area (Å²) in [4.78, 5) is 13.6. The summed E-state index contributed by atoms with van der Waals surface area (Å²) in [5, 5.41) is 0. The van der Waals surface area contributed by atoms with E-state index in [0.29, 0.717) is 6.54 Å². The molecule has 2 rings (SSSR count). The summed E-state index contributed by atoms with van der Waals surface area (Å²) in [6, 6.07) is 10.2. The first-order valence-corrected chi connectivity index (χ1v) is 6.37. The van der Waals surface area contributed by atoms with Gasteiger partial charge in [-0.15, -0.1) is 0 Å². The van der Waals surface area contributed by atoms with Gasteiger partial charge in [-0.2, -0.15) is 0 Å². The van der Waals surface area contributed by atoms with E-state index in [4.69, 9.17) is 0 Å². The van der Waals surface area contributed by atoms with E-state index in [-0.39, 0.29) is 11.8 Å². The Bertz CT molecular complexity index is 457. The number of amides is 1. The molecule has 0 unspecified atom stereocenters. The van der Waals surface area contributed by atoms with Crippen LogP contribution in [0.2, 0.25) is 0 Å². The minimum absolute atomic E-state index is 0.210. The number of hydrogen-bond donors (Lipinski definition) is 0. The van der Waals surface area contributed by atoms with E-state index in [1.165, 1.54) is 11.1 Å². The molecule has 0 aromatic heterocycles. The molecule has 0 heterocycles. The van der Waals surface area contributed by atoms with Gasteiger partial charge in [-0.1, -0.05) is 43.0 Å². The van der Waals surface area contributed by atoms with Gasteiger partial charge in [0.05, 0.1) is 0 Å². The van der Waals surface area contributed by atoms with Crippen LogP contribution in [0.4, 0.5) is 0 Å². The first-order valence-electron chi connectivity index (χ1n) is 6.37. The van der Waals surface area contributed by atoms with E-state index in [9.17, 15) is 4.79 Å². The number of carbonyl (C=O) groups is 1. The molecule has 2 nitrogen and oxygen atoms in total. The van der Waals surface area contributed by atoms with Crippen molar-refractivity contribution in [2.75, 3.05) is 6.54 Å². The second kappa shape index (κ2) is 5.67. The molecule has 1 fully saturated rings. The van der Waals surface area contributed by atoms with Crippen LogP contribution in [0.1, 0.15) is 25.3 Å². The topological polar surface area (TPSA) is 20.3 Å². The third kappa shape index (κ3) is 3.10. The van der Waals surface area contributed by atoms with Crippen molar-refractivity contribution < 1.29 is 4.79 Å². The Hall–Kier alpha value is -1.83. The van der Waals surface area contributed by atoms with Crippen LogP contribution in [0.15, 0.2) is 49.2 Å². The van der Waals surface area contributed by atoms with Crippen molar-refractivity contribution >= 4 is 11.5 Å². The summed E-state index contributed by atoms with van der Waals surface area (Å²) in [6.45, 7) is 6.40. The smallest absolute Gasteiger partial charge is 0.229 e. The highest BCUT2D eigenvalue weighted by Crippen LogP contribution is 2.31. The van der Waals surface area contributed by atoms with Crippen LogP contribution >= 0.6 is 0 Å². The minimum atomic E-state index is 0.210. The zero-order chi connectivity index (χ0) is 13.0. The number of nitrogens with zero attached hydrogens (tertiary/aromatic N) is 1. The summed E-state index contributed by atoms with van der Waals surface area (Å²) < 4.78 is 0. The van der Waals surface area contributed by atoms with Crippen LogP contribution in [0.5, 0.6) is 0 Å². The second-order valence-corrected chi connectivity index (χ2v) is 4.70. The van der Waals surface area contributed by atoms with Gasteiger partial charge in [0.1, 0.15) is 0 Å². The molecule has 94 valence electrons. The maximum atomic E-state index is 11.9. The van der Waals surface area contributed by atoms with Crippen molar-refractivity contribution in [3.8, 4) is 0 Å². The van der Waals surface area contributed by atoms with Crippen molar-refractivity contribution in [2.45, 2.75) is 19.8 Å². The Morgan fingerprint density at radius 1 is 1.39 bits per heavy atom. The fourth-order valence-electron chi connectivity index (χ4n) is 1.87. The molecule has 2 heteroatoms. The van der Waals surface area contributed by atoms with Gasteiger partial charge in [0.2, 0.25) is 5.91 Å². The molecule has 1 amide bonds. The van der Waals surface area contributed by atoms with E-state index < -0.39 is 0 Å². The minimum Gasteiger partial charge on any atom is -0.316 e. The van der Waals surface area contributed by atoms with Gasteiger partial charge >= 0.3 is 0 Å². The van der Waals surface area contributed by atoms with Crippen LogP contribution < -0.4 is 0 Å². The molecule has 1 saturated carbocycles. The second-order valence-electron chi connectivity index (χ2n) is 4.70. The maximum absolute atomic E-state index is 11.9. The zero-order valence-corrected chi connectivity index (χ0v) is 10.8. The molecule has 1 aliphatic rings. The molecular formula is C16H19NO. The predicted molar refractivity (Wildman–Crippen MR) is 74.7 cm³/mol. The summed E-state index contributed by atoms with van der Waals surface area (Å²) >= 11 is 0. The Balaban J connectivity index is 2.00. The van der Waals surface area contributed by atoms with Crippen LogP contribution in [-0.4, -0.2) is 17.4 Å². The van der Waals surface area contributed by atoms with E-state index in [1.54, 1.807) is 11.1 Å². The number of carbonyl (C=O) groups excluding carboxylic acids is 1. The van der Waals surface area contributed by atoms with Crippen molar-refractivity contribution in [2.24, 2.45) is 5.92 Å². The van der Waals surface area contributed by atoms with Gasteiger partial charge in [-0.3, -0.25) is 4.79 Å². The highest BCUT2D eigenvalue weighted by atomic mass is 16.2. The summed E-state index contributed by atoms with van der Waals surface area (Å²) in [6.07, 6.45) is 5.78. The molecule has 0 aliphatic heterocycles. The van der Waals surface area contributed by atoms with Crippen molar-refractivity contribution in [3.05, 3.63) is 54.8 Å². The lowest BCUT2D eigenvalue weighted by Crippen LogP contribution is -2.26. The lowest BCUT2D eigenvalue weighted by atomic mass is 10.1. The fraction of sp³-hybridized carbons (Fsp3) is 0.312. The Morgan fingerprint density at radius 3 is 2.61 bits per heavy atom. The van der Waals surface area contributed by atoms with Gasteiger partial charge < -0.3 is 4.90 Å². The third-order valence-corrected chi connectivity index (χ3v) is 3.25. The molecule has 0 spiro atoms. The number of benzene rings is 1. The third-order valence-electron chi connectivity index (χ3n) is 3.25. The van der Waals surface area contributed by atoms with Crippen LogP contribution in [0.25, 0.3) is 5.57 Å². The lowest BCUT2D eigenvalue weighted by Gasteiger charge is -2.16. The predicted octanol–water partition coefficient (Wildman–Crippen LogP) is 3.47. The first kappa shape index (κ1) is 12.6. The van der Waals surface area contributed by atoms with Gasteiger partial charge in [-0.05, 0) is 37.1 Å². The molecule has 0 N–H and O–H groups in total. The maximum Gasteiger partial charge on any atom is 0.229 e. The lowest BCUT2D eigenvalue weighted by molar-refractivity contribution is -0.129. The Kier molecular flexibility index (Phi) is 3.98. The zero-order valence-electron chi connectivity index (χ0n) is 10.8. The van der Waals surface area contributed by atoms with E-state index in [1.807, 2.05) is 18.2 Å². The quantitative estimate of drug-likeness (QED) is 0.773. The van der Waals surface area contributed by atoms with Gasteiger partial charge in [0.25, 0.3) is 0 Å². The highest BCUT2D eigenvalue weighted by Gasteiger charge is 2.32. The van der Waals surface area contributed by atoms with E-state index in [2.05, 4.69) is 31.7 Å². The first-order chi connectivity index (χ1) is 8.72. The molecule has 1 aliphatic carbocycles. The molecule has 1 aromatic rings. The molecule has 1 aromatic carbocycles. The monoisotopic (exact) mass is 241 g/mol. The van der Waals surface area contributed by atoms with Crippen LogP contribution in [0, 0.1) is 5.92 Å². The van der Waals surface area contributed by atoms with Gasteiger partial charge in [0.15, 0.2) is 0 Å². The van der Waals surface area contributed by atoms with Crippen LogP contribution in [-0.2, 0) is 4.79 Å². The molecule has 0 radical (unpaired) electrons. The fourth-order valence-corrected chi connectivity index (χ4v) is 1.87. The van der Waals surface area contributed by atoms with Crippen LogP contribution in [0.3, 0.4) is 0 Å². The van der Waals surface area contributed by atoms with E-state index >= 15 is 0 Å². The average Bonchev–Trinajstić information content (AvgIpc) is 3.24. The summed E-state index contributed by atoms with van der Waals surface area (Å²) in [5.74, 6) is 0.454. The number of rotatable bonds is 5. The van der Waals surface area contributed by atoms with Gasteiger partial charge in [-0.25, -0.2) is 0 Å². The number of allylic oxidation sites excluding steroid dienone is 1. The van der Waals surface area contributed by atoms with Crippen molar-refractivity contribution in [3.63, 3.8) is 0 Å². The standard InChI is InChI=1S/C16H19NO/c1-3-17(16(18)15-9-10-15)12-11-13(2)14-7-5-4-6-8-14/h3-8,11,15H,1,9-10,12H2,2H3. The SMILES string of the molecule is C=CN(CC=C(C)c1ccccc1)C(=O)C1CC1. The Labute approximate surface area is 109 Å². The number of hydrogen-bond acceptors (Lipinski definition) is 1.